The molecule has 0 amide bonds. The third-order valence-corrected chi connectivity index (χ3v) is 4.66. The maximum Gasteiger partial charge on any atom is 0.195 e. The van der Waals surface area contributed by atoms with Gasteiger partial charge in [-0.3, -0.25) is 0 Å². The molecule has 3 aromatic rings. The van der Waals surface area contributed by atoms with Crippen molar-refractivity contribution in [3.63, 3.8) is 0 Å². The lowest BCUT2D eigenvalue weighted by atomic mass is 9.89. The number of halogens is 4. The van der Waals surface area contributed by atoms with Crippen molar-refractivity contribution >= 4 is 0 Å². The van der Waals surface area contributed by atoms with Gasteiger partial charge in [-0.05, 0) is 41.7 Å². The Hall–Kier alpha value is -2.62. The van der Waals surface area contributed by atoms with Crippen LogP contribution >= 0.6 is 0 Å². The predicted octanol–water partition coefficient (Wildman–Crippen LogP) is 7.31. The van der Waals surface area contributed by atoms with Crippen LogP contribution in [0.1, 0.15) is 31.7 Å². The Labute approximate surface area is 156 Å². The van der Waals surface area contributed by atoms with Crippen LogP contribution in [0.15, 0.2) is 54.6 Å². The summed E-state index contributed by atoms with van der Waals surface area (Å²) in [5.74, 6) is -4.80. The van der Waals surface area contributed by atoms with E-state index in [2.05, 4.69) is 6.92 Å². The van der Waals surface area contributed by atoms with E-state index in [1.807, 2.05) is 12.1 Å². The topological polar surface area (TPSA) is 0 Å². The average Bonchev–Trinajstić information content (AvgIpc) is 2.67. The molecule has 0 heterocycles. The minimum Gasteiger partial charge on any atom is -0.206 e. The van der Waals surface area contributed by atoms with E-state index in [1.54, 1.807) is 18.2 Å². The molecule has 0 saturated heterocycles. The fraction of sp³-hybridized carbons (Fsp3) is 0.217. The summed E-state index contributed by atoms with van der Waals surface area (Å²) in [4.78, 5) is 0. The van der Waals surface area contributed by atoms with Gasteiger partial charge in [0, 0.05) is 11.1 Å². The maximum atomic E-state index is 14.9. The highest BCUT2D eigenvalue weighted by molar-refractivity contribution is 5.85. The van der Waals surface area contributed by atoms with Crippen LogP contribution in [0.5, 0.6) is 0 Å². The van der Waals surface area contributed by atoms with Crippen molar-refractivity contribution < 1.29 is 17.6 Å². The molecule has 0 aromatic heterocycles. The molecule has 0 unspecified atom stereocenters. The Bertz CT molecular complexity index is 947. The van der Waals surface area contributed by atoms with E-state index in [0.29, 0.717) is 12.0 Å². The lowest BCUT2D eigenvalue weighted by Crippen LogP contribution is -2.01. The van der Waals surface area contributed by atoms with Crippen LogP contribution in [0.25, 0.3) is 22.3 Å². The molecule has 0 N–H and O–H groups in total. The summed E-state index contributed by atoms with van der Waals surface area (Å²) in [6, 6.07) is 13.6. The highest BCUT2D eigenvalue weighted by Gasteiger charge is 2.23. The highest BCUT2D eigenvalue weighted by atomic mass is 19.2. The first-order chi connectivity index (χ1) is 13.0. The standard InChI is InChI=1S/C23H20F4/c1-2-3-4-9-15-10-5-6-11-16(15)21-18(14-20(25)22(26)23(21)27)17-12-7-8-13-19(17)24/h5-8,10-14H,2-4,9H2,1H3. The van der Waals surface area contributed by atoms with Gasteiger partial charge < -0.3 is 0 Å². The van der Waals surface area contributed by atoms with Crippen molar-refractivity contribution in [1.82, 2.24) is 0 Å². The van der Waals surface area contributed by atoms with E-state index >= 15 is 0 Å². The Kier molecular flexibility index (Phi) is 5.94. The molecule has 0 aliphatic carbocycles. The van der Waals surface area contributed by atoms with E-state index in [1.165, 1.54) is 18.2 Å². The summed E-state index contributed by atoms with van der Waals surface area (Å²) >= 11 is 0. The maximum absolute atomic E-state index is 14.9. The fourth-order valence-electron chi connectivity index (χ4n) is 3.30. The molecule has 0 bridgehead atoms. The second-order valence-corrected chi connectivity index (χ2v) is 6.50. The number of benzene rings is 3. The van der Waals surface area contributed by atoms with Crippen LogP contribution in [0, 0.1) is 23.3 Å². The number of aryl methyl sites for hydroxylation is 1. The summed E-state index contributed by atoms with van der Waals surface area (Å²) in [7, 11) is 0. The number of rotatable bonds is 6. The summed E-state index contributed by atoms with van der Waals surface area (Å²) in [5, 5.41) is 0. The molecule has 3 rings (SSSR count). The predicted molar refractivity (Wildman–Crippen MR) is 100 cm³/mol. The van der Waals surface area contributed by atoms with Gasteiger partial charge in [0.25, 0.3) is 0 Å². The zero-order valence-electron chi connectivity index (χ0n) is 15.0. The summed E-state index contributed by atoms with van der Waals surface area (Å²) < 4.78 is 57.2. The average molecular weight is 372 g/mol. The van der Waals surface area contributed by atoms with Crippen molar-refractivity contribution in [3.8, 4) is 22.3 Å². The minimum absolute atomic E-state index is 0.00689. The van der Waals surface area contributed by atoms with Crippen molar-refractivity contribution in [2.75, 3.05) is 0 Å². The Morgan fingerprint density at radius 2 is 1.33 bits per heavy atom. The molecule has 0 atom stereocenters. The first-order valence-corrected chi connectivity index (χ1v) is 9.05. The van der Waals surface area contributed by atoms with Crippen LogP contribution in [-0.2, 0) is 6.42 Å². The van der Waals surface area contributed by atoms with E-state index in [4.69, 9.17) is 0 Å². The van der Waals surface area contributed by atoms with Gasteiger partial charge in [-0.1, -0.05) is 62.2 Å². The number of unbranched alkanes of at least 4 members (excludes halogenated alkanes) is 2. The summed E-state index contributed by atoms with van der Waals surface area (Å²) in [6.07, 6.45) is 3.62. The van der Waals surface area contributed by atoms with Crippen LogP contribution in [0.2, 0.25) is 0 Å². The van der Waals surface area contributed by atoms with Gasteiger partial charge in [0.2, 0.25) is 0 Å². The normalized spacial score (nSPS) is 11.0. The largest absolute Gasteiger partial charge is 0.206 e. The van der Waals surface area contributed by atoms with Gasteiger partial charge in [-0.25, -0.2) is 17.6 Å². The minimum atomic E-state index is -1.55. The Morgan fingerprint density at radius 3 is 2.04 bits per heavy atom. The molecule has 0 aliphatic heterocycles. The van der Waals surface area contributed by atoms with E-state index in [0.717, 1.165) is 30.9 Å². The first-order valence-electron chi connectivity index (χ1n) is 9.05. The van der Waals surface area contributed by atoms with Crippen LogP contribution < -0.4 is 0 Å². The fourth-order valence-corrected chi connectivity index (χ4v) is 3.30. The summed E-state index contributed by atoms with van der Waals surface area (Å²) in [6.45, 7) is 2.08. The number of hydrogen-bond acceptors (Lipinski definition) is 0. The quantitative estimate of drug-likeness (QED) is 0.242. The van der Waals surface area contributed by atoms with Gasteiger partial charge in [-0.15, -0.1) is 0 Å². The monoisotopic (exact) mass is 372 g/mol. The lowest BCUT2D eigenvalue weighted by Gasteiger charge is -2.16. The summed E-state index contributed by atoms with van der Waals surface area (Å²) in [5.41, 5.74) is 1.23. The zero-order valence-corrected chi connectivity index (χ0v) is 15.0. The van der Waals surface area contributed by atoms with Crippen LogP contribution in [0.4, 0.5) is 17.6 Å². The third kappa shape index (κ3) is 3.90. The van der Waals surface area contributed by atoms with Crippen molar-refractivity contribution in [2.45, 2.75) is 32.6 Å². The molecule has 27 heavy (non-hydrogen) atoms. The van der Waals surface area contributed by atoms with E-state index < -0.39 is 23.3 Å². The molecule has 3 aromatic carbocycles. The Balaban J connectivity index is 2.25. The second-order valence-electron chi connectivity index (χ2n) is 6.50. The van der Waals surface area contributed by atoms with Gasteiger partial charge in [0.1, 0.15) is 5.82 Å². The smallest absolute Gasteiger partial charge is 0.195 e. The molecule has 0 radical (unpaired) electrons. The molecule has 0 saturated carbocycles. The van der Waals surface area contributed by atoms with Crippen molar-refractivity contribution in [2.24, 2.45) is 0 Å². The van der Waals surface area contributed by atoms with Crippen LogP contribution in [0.3, 0.4) is 0 Å². The van der Waals surface area contributed by atoms with Crippen molar-refractivity contribution in [3.05, 3.63) is 83.4 Å². The molecule has 0 nitrogen and oxygen atoms in total. The zero-order chi connectivity index (χ0) is 19.4. The van der Waals surface area contributed by atoms with Gasteiger partial charge in [-0.2, -0.15) is 0 Å². The third-order valence-electron chi connectivity index (χ3n) is 4.66. The van der Waals surface area contributed by atoms with E-state index in [9.17, 15) is 17.6 Å². The first kappa shape index (κ1) is 19.2. The SMILES string of the molecule is CCCCCc1ccccc1-c1c(-c2ccccc2F)cc(F)c(F)c1F. The van der Waals surface area contributed by atoms with Gasteiger partial charge in [0.15, 0.2) is 17.5 Å². The Morgan fingerprint density at radius 1 is 0.667 bits per heavy atom. The molecular weight excluding hydrogens is 352 g/mol. The van der Waals surface area contributed by atoms with Crippen molar-refractivity contribution in [1.29, 1.82) is 0 Å². The second kappa shape index (κ2) is 8.38. The molecule has 0 aliphatic rings. The van der Waals surface area contributed by atoms with E-state index in [-0.39, 0.29) is 16.7 Å². The van der Waals surface area contributed by atoms with Crippen LogP contribution in [-0.4, -0.2) is 0 Å². The molecule has 140 valence electrons. The number of hydrogen-bond donors (Lipinski definition) is 0. The highest BCUT2D eigenvalue weighted by Crippen LogP contribution is 2.39. The molecule has 0 spiro atoms. The van der Waals surface area contributed by atoms with Gasteiger partial charge >= 0.3 is 0 Å². The molecular formula is C23H20F4. The van der Waals surface area contributed by atoms with Gasteiger partial charge in [0.05, 0.1) is 0 Å². The molecule has 0 fully saturated rings. The molecule has 4 heteroatoms. The lowest BCUT2D eigenvalue weighted by molar-refractivity contribution is 0.449.